The van der Waals surface area contributed by atoms with E-state index in [4.69, 9.17) is 11.6 Å². The van der Waals surface area contributed by atoms with Gasteiger partial charge in [0.2, 0.25) is 0 Å². The van der Waals surface area contributed by atoms with Gasteiger partial charge in [-0.05, 0) is 35.9 Å². The van der Waals surface area contributed by atoms with Crippen LogP contribution in [-0.4, -0.2) is 30.7 Å². The van der Waals surface area contributed by atoms with Gasteiger partial charge in [0.15, 0.2) is 0 Å². The van der Waals surface area contributed by atoms with E-state index in [-0.39, 0.29) is 0 Å². The minimum atomic E-state index is 0.792. The van der Waals surface area contributed by atoms with Crippen LogP contribution in [0.15, 0.2) is 54.7 Å². The molecule has 4 heteroatoms. The second kappa shape index (κ2) is 6.26. The van der Waals surface area contributed by atoms with Crippen molar-refractivity contribution in [2.45, 2.75) is 6.54 Å². The highest BCUT2D eigenvalue weighted by Gasteiger charge is 2.14. The standard InChI is InChI=1S/C19H20ClN3/c20-16-4-1-3-15(13-16)14-23-10-7-17-18(5-2-6-19(17)23)22-11-8-21-9-12-22/h1-7,10,13,21H,8-9,11-12,14H2. The van der Waals surface area contributed by atoms with Crippen LogP contribution in [0.5, 0.6) is 0 Å². The van der Waals surface area contributed by atoms with Gasteiger partial charge in [-0.3, -0.25) is 0 Å². The number of nitrogens with one attached hydrogen (secondary N) is 1. The molecule has 2 aromatic carbocycles. The highest BCUT2D eigenvalue weighted by molar-refractivity contribution is 6.30. The monoisotopic (exact) mass is 325 g/mol. The maximum atomic E-state index is 6.11. The van der Waals surface area contributed by atoms with Crippen molar-refractivity contribution in [1.82, 2.24) is 9.88 Å². The molecule has 0 aliphatic carbocycles. The maximum Gasteiger partial charge on any atom is 0.0504 e. The number of fused-ring (bicyclic) bond motifs is 1. The van der Waals surface area contributed by atoms with E-state index in [1.54, 1.807) is 0 Å². The van der Waals surface area contributed by atoms with E-state index in [2.05, 4.69) is 51.3 Å². The van der Waals surface area contributed by atoms with E-state index < -0.39 is 0 Å². The predicted octanol–water partition coefficient (Wildman–Crippen LogP) is 3.75. The Hall–Kier alpha value is -1.97. The molecule has 3 aromatic rings. The lowest BCUT2D eigenvalue weighted by Gasteiger charge is -2.30. The van der Waals surface area contributed by atoms with E-state index in [1.807, 2.05) is 18.2 Å². The van der Waals surface area contributed by atoms with Crippen molar-refractivity contribution in [3.05, 3.63) is 65.3 Å². The van der Waals surface area contributed by atoms with Gasteiger partial charge < -0.3 is 14.8 Å². The number of hydrogen-bond acceptors (Lipinski definition) is 2. The van der Waals surface area contributed by atoms with Crippen LogP contribution in [0.4, 0.5) is 5.69 Å². The fourth-order valence-corrected chi connectivity index (χ4v) is 3.57. The van der Waals surface area contributed by atoms with Crippen LogP contribution in [0.1, 0.15) is 5.56 Å². The van der Waals surface area contributed by atoms with Crippen molar-refractivity contribution < 1.29 is 0 Å². The zero-order valence-electron chi connectivity index (χ0n) is 13.0. The number of hydrogen-bond donors (Lipinski definition) is 1. The van der Waals surface area contributed by atoms with Crippen molar-refractivity contribution in [2.75, 3.05) is 31.1 Å². The number of piperazine rings is 1. The summed E-state index contributed by atoms with van der Waals surface area (Å²) in [4.78, 5) is 2.47. The first-order valence-electron chi connectivity index (χ1n) is 8.09. The zero-order chi connectivity index (χ0) is 15.6. The number of halogens is 1. The third-order valence-corrected chi connectivity index (χ3v) is 4.73. The Labute approximate surface area is 141 Å². The lowest BCUT2D eigenvalue weighted by molar-refractivity contribution is 0.590. The normalized spacial score (nSPS) is 15.3. The Balaban J connectivity index is 1.69. The Morgan fingerprint density at radius 3 is 2.65 bits per heavy atom. The average Bonchev–Trinajstić information content (AvgIpc) is 2.99. The molecule has 2 heterocycles. The lowest BCUT2D eigenvalue weighted by atomic mass is 10.1. The molecule has 4 rings (SSSR count). The molecule has 23 heavy (non-hydrogen) atoms. The highest BCUT2D eigenvalue weighted by Crippen LogP contribution is 2.28. The summed E-state index contributed by atoms with van der Waals surface area (Å²) in [7, 11) is 0. The number of nitrogens with zero attached hydrogens (tertiary/aromatic N) is 2. The summed E-state index contributed by atoms with van der Waals surface area (Å²) in [5.41, 5.74) is 3.84. The van der Waals surface area contributed by atoms with Gasteiger partial charge in [-0.15, -0.1) is 0 Å². The van der Waals surface area contributed by atoms with Gasteiger partial charge in [0.05, 0.1) is 5.52 Å². The summed E-state index contributed by atoms with van der Waals surface area (Å²) in [6.07, 6.45) is 2.18. The van der Waals surface area contributed by atoms with Gasteiger partial charge in [0.1, 0.15) is 0 Å². The molecule has 0 saturated carbocycles. The van der Waals surface area contributed by atoms with Crippen molar-refractivity contribution in [3.8, 4) is 0 Å². The zero-order valence-corrected chi connectivity index (χ0v) is 13.8. The number of benzene rings is 2. The number of anilines is 1. The third kappa shape index (κ3) is 2.94. The van der Waals surface area contributed by atoms with Crippen LogP contribution in [0, 0.1) is 0 Å². The molecule has 1 N–H and O–H groups in total. The molecule has 0 spiro atoms. The second-order valence-electron chi connectivity index (χ2n) is 6.02. The second-order valence-corrected chi connectivity index (χ2v) is 6.46. The molecule has 0 amide bonds. The Morgan fingerprint density at radius 2 is 1.83 bits per heavy atom. The van der Waals surface area contributed by atoms with Crippen molar-refractivity contribution in [2.24, 2.45) is 0 Å². The maximum absolute atomic E-state index is 6.11. The molecule has 0 atom stereocenters. The highest BCUT2D eigenvalue weighted by atomic mass is 35.5. The topological polar surface area (TPSA) is 20.2 Å². The van der Waals surface area contributed by atoms with Gasteiger partial charge in [0.25, 0.3) is 0 Å². The van der Waals surface area contributed by atoms with E-state index in [9.17, 15) is 0 Å². The van der Waals surface area contributed by atoms with Crippen molar-refractivity contribution in [1.29, 1.82) is 0 Å². The molecular weight excluding hydrogens is 306 g/mol. The molecule has 1 fully saturated rings. The molecule has 1 aliphatic rings. The molecule has 0 bridgehead atoms. The molecular formula is C19H20ClN3. The van der Waals surface area contributed by atoms with E-state index in [1.165, 1.54) is 22.2 Å². The lowest BCUT2D eigenvalue weighted by Crippen LogP contribution is -2.43. The minimum absolute atomic E-state index is 0.792. The van der Waals surface area contributed by atoms with Crippen LogP contribution < -0.4 is 10.2 Å². The summed E-state index contributed by atoms with van der Waals surface area (Å²) >= 11 is 6.11. The fraction of sp³-hybridized carbons (Fsp3) is 0.263. The molecule has 1 aromatic heterocycles. The van der Waals surface area contributed by atoms with Gasteiger partial charge in [-0.2, -0.15) is 0 Å². The van der Waals surface area contributed by atoms with Gasteiger partial charge in [0, 0.05) is 55.0 Å². The van der Waals surface area contributed by atoms with Crippen molar-refractivity contribution in [3.63, 3.8) is 0 Å². The van der Waals surface area contributed by atoms with E-state index in [0.29, 0.717) is 0 Å². The van der Waals surface area contributed by atoms with Gasteiger partial charge in [-0.25, -0.2) is 0 Å². The summed E-state index contributed by atoms with van der Waals surface area (Å²) in [6, 6.07) is 16.9. The van der Waals surface area contributed by atoms with Crippen LogP contribution in [0.25, 0.3) is 10.9 Å². The first kappa shape index (κ1) is 14.6. The Kier molecular flexibility index (Phi) is 3.98. The number of aromatic nitrogens is 1. The van der Waals surface area contributed by atoms with E-state index >= 15 is 0 Å². The number of rotatable bonds is 3. The molecule has 3 nitrogen and oxygen atoms in total. The molecule has 1 saturated heterocycles. The first-order valence-corrected chi connectivity index (χ1v) is 8.47. The van der Waals surface area contributed by atoms with E-state index in [0.717, 1.165) is 37.7 Å². The van der Waals surface area contributed by atoms with Crippen LogP contribution >= 0.6 is 11.6 Å². The van der Waals surface area contributed by atoms with Gasteiger partial charge >= 0.3 is 0 Å². The quantitative estimate of drug-likeness (QED) is 0.791. The molecule has 0 unspecified atom stereocenters. The SMILES string of the molecule is Clc1cccc(Cn2ccc3c(N4CCNCC4)cccc32)c1. The first-order chi connectivity index (χ1) is 11.3. The summed E-state index contributed by atoms with van der Waals surface area (Å²) in [5, 5.41) is 5.54. The molecule has 118 valence electrons. The Morgan fingerprint density at radius 1 is 1.00 bits per heavy atom. The molecule has 1 aliphatic heterocycles. The minimum Gasteiger partial charge on any atom is -0.368 e. The smallest absolute Gasteiger partial charge is 0.0504 e. The van der Waals surface area contributed by atoms with Gasteiger partial charge in [-0.1, -0.05) is 29.8 Å². The third-order valence-electron chi connectivity index (χ3n) is 4.49. The summed E-state index contributed by atoms with van der Waals surface area (Å²) in [5.74, 6) is 0. The predicted molar refractivity (Wildman–Crippen MR) is 97.6 cm³/mol. The largest absolute Gasteiger partial charge is 0.368 e. The van der Waals surface area contributed by atoms with Crippen LogP contribution in [-0.2, 0) is 6.54 Å². The molecule has 0 radical (unpaired) electrons. The Bertz CT molecular complexity index is 818. The summed E-state index contributed by atoms with van der Waals surface area (Å²) in [6.45, 7) is 5.09. The van der Waals surface area contributed by atoms with Crippen LogP contribution in [0.2, 0.25) is 5.02 Å². The average molecular weight is 326 g/mol. The van der Waals surface area contributed by atoms with Crippen LogP contribution in [0.3, 0.4) is 0 Å². The fourth-order valence-electron chi connectivity index (χ4n) is 3.36. The summed E-state index contributed by atoms with van der Waals surface area (Å²) < 4.78 is 2.30. The van der Waals surface area contributed by atoms with Crippen molar-refractivity contribution >= 4 is 28.2 Å².